The molecular formula is C27H45N9OS. The van der Waals surface area contributed by atoms with Gasteiger partial charge in [-0.1, -0.05) is 0 Å². The molecule has 0 aromatic carbocycles. The van der Waals surface area contributed by atoms with Gasteiger partial charge in [0.25, 0.3) is 0 Å². The van der Waals surface area contributed by atoms with Crippen molar-refractivity contribution in [1.82, 2.24) is 25.1 Å². The van der Waals surface area contributed by atoms with E-state index in [1.165, 1.54) is 45.0 Å². The molecule has 3 fully saturated rings. The molecule has 210 valence electrons. The van der Waals surface area contributed by atoms with Gasteiger partial charge in [-0.2, -0.15) is 4.98 Å². The van der Waals surface area contributed by atoms with Crippen LogP contribution >= 0.6 is 12.6 Å². The second-order valence-electron chi connectivity index (χ2n) is 11.0. The van der Waals surface area contributed by atoms with Gasteiger partial charge in [-0.05, 0) is 85.5 Å². The Hall–Kier alpha value is -2.21. The highest BCUT2D eigenvalue weighted by molar-refractivity contribution is 7.80. The molecule has 1 aliphatic carbocycles. The van der Waals surface area contributed by atoms with Gasteiger partial charge in [0.1, 0.15) is 10.8 Å². The summed E-state index contributed by atoms with van der Waals surface area (Å²) in [6.45, 7) is 5.63. The summed E-state index contributed by atoms with van der Waals surface area (Å²) in [4.78, 5) is 14.3. The van der Waals surface area contributed by atoms with Crippen LogP contribution in [-0.2, 0) is 4.74 Å². The number of anilines is 2. The maximum absolute atomic E-state index is 8.31. The van der Waals surface area contributed by atoms with E-state index in [1.807, 2.05) is 0 Å². The van der Waals surface area contributed by atoms with Crippen LogP contribution < -0.4 is 16.0 Å². The van der Waals surface area contributed by atoms with Crippen molar-refractivity contribution in [3.63, 3.8) is 0 Å². The van der Waals surface area contributed by atoms with Crippen LogP contribution in [0.15, 0.2) is 16.9 Å². The number of piperidine rings is 1. The Balaban J connectivity index is 1.38. The Morgan fingerprint density at radius 3 is 2.32 bits per heavy atom. The monoisotopic (exact) mass is 543 g/mol. The number of rotatable bonds is 10. The van der Waals surface area contributed by atoms with Crippen LogP contribution in [0.3, 0.4) is 0 Å². The molecule has 4 rings (SSSR count). The molecule has 0 unspecified atom stereocenters. The zero-order chi connectivity index (χ0) is 27.1. The van der Waals surface area contributed by atoms with Crippen molar-refractivity contribution in [1.29, 1.82) is 10.8 Å². The van der Waals surface area contributed by atoms with Crippen LogP contribution in [0.25, 0.3) is 0 Å². The van der Waals surface area contributed by atoms with Crippen LogP contribution in [0.4, 0.5) is 11.8 Å². The van der Waals surface area contributed by atoms with Crippen molar-refractivity contribution in [2.75, 3.05) is 51.0 Å². The fourth-order valence-corrected chi connectivity index (χ4v) is 6.18. The molecule has 0 bridgehead atoms. The molecule has 0 amide bonds. The summed E-state index contributed by atoms with van der Waals surface area (Å²) in [6.07, 6.45) is 11.9. The molecule has 1 aromatic rings. The fraction of sp³-hybridized carbons (Fsp3) is 0.704. The molecule has 10 nitrogen and oxygen atoms in total. The predicted molar refractivity (Wildman–Crippen MR) is 157 cm³/mol. The van der Waals surface area contributed by atoms with Crippen LogP contribution in [0, 0.1) is 10.8 Å². The lowest BCUT2D eigenvalue weighted by atomic mass is 9.88. The van der Waals surface area contributed by atoms with Crippen molar-refractivity contribution < 1.29 is 4.74 Å². The Morgan fingerprint density at radius 1 is 1.03 bits per heavy atom. The van der Waals surface area contributed by atoms with Crippen LogP contribution in [0.5, 0.6) is 0 Å². The average Bonchev–Trinajstić information content (AvgIpc) is 2.91. The van der Waals surface area contributed by atoms with Crippen molar-refractivity contribution >= 4 is 36.3 Å². The van der Waals surface area contributed by atoms with E-state index in [-0.39, 0.29) is 0 Å². The van der Waals surface area contributed by atoms with Gasteiger partial charge >= 0.3 is 0 Å². The minimum atomic E-state index is 0.298. The van der Waals surface area contributed by atoms with E-state index in [4.69, 9.17) is 20.5 Å². The number of thiol groups is 1. The van der Waals surface area contributed by atoms with Crippen molar-refractivity contribution in [3.05, 3.63) is 17.5 Å². The number of hydrogen-bond acceptors (Lipinski definition) is 11. The lowest BCUT2D eigenvalue weighted by Gasteiger charge is -2.42. The van der Waals surface area contributed by atoms with Crippen LogP contribution in [-0.4, -0.2) is 96.3 Å². The zero-order valence-corrected chi connectivity index (χ0v) is 24.0. The number of nitrogens with zero attached hydrogens (tertiary/aromatic N) is 4. The van der Waals surface area contributed by atoms with Crippen molar-refractivity contribution in [3.8, 4) is 0 Å². The molecule has 5 N–H and O–H groups in total. The molecule has 3 aliphatic rings. The number of ether oxygens (including phenoxy) is 1. The molecule has 0 spiro atoms. The van der Waals surface area contributed by atoms with Gasteiger partial charge in [-0.25, -0.2) is 4.98 Å². The second-order valence-corrected chi connectivity index (χ2v) is 11.4. The minimum absolute atomic E-state index is 0.298. The third-order valence-electron chi connectivity index (χ3n) is 8.16. The summed E-state index contributed by atoms with van der Waals surface area (Å²) in [6, 6.07) is 2.00. The topological polar surface area (TPSA) is 125 Å². The van der Waals surface area contributed by atoms with Crippen molar-refractivity contribution in [2.24, 2.45) is 0 Å². The maximum Gasteiger partial charge on any atom is 0.230 e. The molecule has 1 aromatic heterocycles. The Morgan fingerprint density at radius 2 is 1.71 bits per heavy atom. The third-order valence-corrected chi connectivity index (χ3v) is 8.48. The molecular weight excluding hydrogens is 498 g/mol. The van der Waals surface area contributed by atoms with Gasteiger partial charge < -0.3 is 41.3 Å². The number of hydrogen-bond donors (Lipinski definition) is 6. The smallest absolute Gasteiger partial charge is 0.230 e. The molecule has 11 heteroatoms. The van der Waals surface area contributed by atoms with Gasteiger partial charge in [0, 0.05) is 55.5 Å². The van der Waals surface area contributed by atoms with E-state index in [9.17, 15) is 0 Å². The molecule has 1 saturated carbocycles. The lowest BCUT2D eigenvalue weighted by Crippen LogP contribution is -2.48. The standard InChI is InChI=1S/C27H45N9OS/c1-18(29)24-25(31-20-4-6-23(7-5-20)36-12-8-22(9-13-36)35(2)3)33-27(34-26(24)38)32-21(16-28)17-30-19-10-14-37-15-11-19/h16-17,19-20,22-23,28-30H,4-15H2,1-3H3,(H3,31,32,33,34,38)/b21-17+,28-16?,29-18?. The Kier molecular flexibility index (Phi) is 10.4. The summed E-state index contributed by atoms with van der Waals surface area (Å²) in [5.74, 6) is 1.00. The van der Waals surface area contributed by atoms with Gasteiger partial charge in [-0.15, -0.1) is 12.6 Å². The highest BCUT2D eigenvalue weighted by atomic mass is 32.1. The molecule has 2 aliphatic heterocycles. The number of allylic oxidation sites excluding steroid dienone is 1. The van der Waals surface area contributed by atoms with Gasteiger partial charge in [0.15, 0.2) is 0 Å². The minimum Gasteiger partial charge on any atom is -0.386 e. The summed E-state index contributed by atoms with van der Waals surface area (Å²) in [5, 5.41) is 26.7. The largest absolute Gasteiger partial charge is 0.386 e. The van der Waals surface area contributed by atoms with Gasteiger partial charge in [0.2, 0.25) is 5.95 Å². The quantitative estimate of drug-likeness (QED) is 0.150. The van der Waals surface area contributed by atoms with E-state index < -0.39 is 0 Å². The lowest BCUT2D eigenvalue weighted by molar-refractivity contribution is 0.0812. The Bertz CT molecular complexity index is 979. The van der Waals surface area contributed by atoms with E-state index in [0.29, 0.717) is 57.9 Å². The summed E-state index contributed by atoms with van der Waals surface area (Å²) >= 11 is 4.60. The van der Waals surface area contributed by atoms with E-state index >= 15 is 0 Å². The van der Waals surface area contributed by atoms with Crippen molar-refractivity contribution in [2.45, 2.75) is 87.5 Å². The van der Waals surface area contributed by atoms with Gasteiger partial charge in [0.05, 0.1) is 11.3 Å². The molecule has 2 saturated heterocycles. The Labute approximate surface area is 232 Å². The fourth-order valence-electron chi connectivity index (χ4n) is 5.82. The number of aromatic nitrogens is 2. The SMILES string of the molecule is CC(=N)c1c(S)nc(N/C(C=N)=C/NC2CCOCC2)nc1NC1CCC(N2CCC(N(C)C)CC2)CC1. The molecule has 38 heavy (non-hydrogen) atoms. The normalized spacial score (nSPS) is 24.3. The first-order chi connectivity index (χ1) is 18.3. The summed E-state index contributed by atoms with van der Waals surface area (Å²) in [7, 11) is 4.39. The molecule has 3 heterocycles. The summed E-state index contributed by atoms with van der Waals surface area (Å²) in [5.41, 5.74) is 1.58. The number of nitrogens with one attached hydrogen (secondary N) is 5. The predicted octanol–water partition coefficient (Wildman–Crippen LogP) is 3.57. The highest BCUT2D eigenvalue weighted by Gasteiger charge is 2.30. The first kappa shape index (κ1) is 28.8. The third kappa shape index (κ3) is 7.68. The second kappa shape index (κ2) is 13.7. The first-order valence-corrected chi connectivity index (χ1v) is 14.4. The average molecular weight is 544 g/mol. The summed E-state index contributed by atoms with van der Waals surface area (Å²) < 4.78 is 5.42. The number of likely N-dealkylation sites (tertiary alicyclic amines) is 1. The van der Waals surface area contributed by atoms with Gasteiger partial charge in [-0.3, -0.25) is 0 Å². The molecule has 0 atom stereocenters. The van der Waals surface area contributed by atoms with Crippen LogP contribution in [0.1, 0.15) is 63.9 Å². The van der Waals surface area contributed by atoms with Crippen LogP contribution in [0.2, 0.25) is 0 Å². The van der Waals surface area contributed by atoms with E-state index in [1.54, 1.807) is 13.1 Å². The zero-order valence-electron chi connectivity index (χ0n) is 23.1. The first-order valence-electron chi connectivity index (χ1n) is 14.0. The maximum atomic E-state index is 8.31. The van der Waals surface area contributed by atoms with E-state index in [2.05, 4.69) is 57.5 Å². The molecule has 0 radical (unpaired) electrons. The highest BCUT2D eigenvalue weighted by Crippen LogP contribution is 2.30. The van der Waals surface area contributed by atoms with E-state index in [0.717, 1.165) is 38.9 Å².